The van der Waals surface area contributed by atoms with Crippen LogP contribution in [0.15, 0.2) is 29.2 Å². The lowest BCUT2D eigenvalue weighted by Crippen LogP contribution is -2.35. The molecule has 1 aliphatic rings. The van der Waals surface area contributed by atoms with E-state index in [1.165, 1.54) is 26.4 Å². The van der Waals surface area contributed by atoms with Gasteiger partial charge in [-0.3, -0.25) is 5.32 Å². The Morgan fingerprint density at radius 1 is 1.23 bits per heavy atom. The van der Waals surface area contributed by atoms with E-state index in [0.717, 1.165) is 0 Å². The van der Waals surface area contributed by atoms with E-state index in [2.05, 4.69) is 15.3 Å². The first kappa shape index (κ1) is 22.1. The second-order valence-electron chi connectivity index (χ2n) is 6.56. The third-order valence-corrected chi connectivity index (χ3v) is 7.92. The van der Waals surface area contributed by atoms with Gasteiger partial charge >= 0.3 is 6.03 Å². The minimum atomic E-state index is -4.22. The van der Waals surface area contributed by atoms with E-state index in [4.69, 9.17) is 9.47 Å². The van der Waals surface area contributed by atoms with Crippen molar-refractivity contribution in [3.8, 4) is 11.8 Å². The van der Waals surface area contributed by atoms with Gasteiger partial charge in [-0.2, -0.15) is 9.97 Å². The third-order valence-electron chi connectivity index (χ3n) is 4.42. The average Bonchev–Trinajstić information content (AvgIpc) is 2.89. The fraction of sp³-hybridized carbons (Fsp3) is 0.353. The van der Waals surface area contributed by atoms with Gasteiger partial charge in [0.15, 0.2) is 0 Å². The first-order valence-corrected chi connectivity index (χ1v) is 11.9. The van der Waals surface area contributed by atoms with Crippen molar-refractivity contribution in [1.82, 2.24) is 14.7 Å². The number of anilines is 1. The Balaban J connectivity index is 1.76. The lowest BCUT2D eigenvalue weighted by molar-refractivity contribution is 0.256. The maximum Gasteiger partial charge on any atom is 0.335 e. The number of carbonyl (C=O) groups is 1. The van der Waals surface area contributed by atoms with Crippen molar-refractivity contribution in [3.05, 3.63) is 35.4 Å². The number of hydrogen-bond donors (Lipinski definition) is 2. The standard InChI is InChI=1S/C17H22N4O7S2/c1-10-7-11-5-4-6-12(15(11)30(10,25)26)9-29(23,24)21-17(22)20-16-18-13(27-2)8-14(19-16)28-3/h4-6,8,10,25-26H,7,9H2,1-3H3,(H2,18,19,20,21,22)/p-2. The summed E-state index contributed by atoms with van der Waals surface area (Å²) in [5, 5.41) is 1.55. The number of methoxy groups -OCH3 is 2. The number of aromatic nitrogens is 2. The van der Waals surface area contributed by atoms with Gasteiger partial charge in [0.1, 0.15) is 0 Å². The Morgan fingerprint density at radius 3 is 2.47 bits per heavy atom. The Labute approximate surface area is 175 Å². The zero-order valence-electron chi connectivity index (χ0n) is 16.4. The number of sulfonamides is 1. The fourth-order valence-electron chi connectivity index (χ4n) is 3.08. The molecule has 1 aliphatic heterocycles. The lowest BCUT2D eigenvalue weighted by Gasteiger charge is -2.61. The van der Waals surface area contributed by atoms with E-state index in [1.54, 1.807) is 19.1 Å². The van der Waals surface area contributed by atoms with E-state index in [-0.39, 0.29) is 28.2 Å². The van der Waals surface area contributed by atoms with E-state index in [1.807, 2.05) is 4.72 Å². The Hall–Kier alpha value is -2.61. The normalized spacial score (nSPS) is 18.2. The molecule has 2 N–H and O–H groups in total. The zero-order chi connectivity index (χ0) is 22.1. The molecular weight excluding hydrogens is 436 g/mol. The Kier molecular flexibility index (Phi) is 6.08. The number of carbonyl (C=O) groups excluding carboxylic acids is 1. The summed E-state index contributed by atoms with van der Waals surface area (Å²) in [4.78, 5) is 19.9. The molecule has 11 nitrogen and oxygen atoms in total. The first-order chi connectivity index (χ1) is 14.1. The number of nitrogens with one attached hydrogen (secondary N) is 2. The molecule has 1 aromatic carbocycles. The second kappa shape index (κ2) is 8.26. The van der Waals surface area contributed by atoms with Crippen molar-refractivity contribution in [2.24, 2.45) is 0 Å². The molecule has 164 valence electrons. The van der Waals surface area contributed by atoms with Crippen LogP contribution in [-0.2, 0) is 22.2 Å². The van der Waals surface area contributed by atoms with E-state index < -0.39 is 37.6 Å². The zero-order valence-corrected chi connectivity index (χ0v) is 18.0. The van der Waals surface area contributed by atoms with Crippen LogP contribution in [0, 0.1) is 0 Å². The van der Waals surface area contributed by atoms with Crippen LogP contribution in [0.2, 0.25) is 0 Å². The smallest absolute Gasteiger partial charge is 0.335 e. The van der Waals surface area contributed by atoms with Gasteiger partial charge in [0.05, 0.1) is 26.0 Å². The Morgan fingerprint density at radius 2 is 1.87 bits per heavy atom. The molecule has 1 aromatic heterocycles. The number of fused-ring (bicyclic) bond motifs is 1. The van der Waals surface area contributed by atoms with Crippen molar-refractivity contribution in [2.45, 2.75) is 29.2 Å². The summed E-state index contributed by atoms with van der Waals surface area (Å²) in [5.41, 5.74) is 0.674. The largest absolute Gasteiger partial charge is 0.796 e. The number of amides is 2. The molecule has 2 amide bonds. The fourth-order valence-corrected chi connectivity index (χ4v) is 6.05. The van der Waals surface area contributed by atoms with E-state index >= 15 is 0 Å². The highest BCUT2D eigenvalue weighted by Gasteiger charge is 2.27. The van der Waals surface area contributed by atoms with Crippen LogP contribution < -0.4 is 19.5 Å². The Bertz CT molecular complexity index is 1050. The highest BCUT2D eigenvalue weighted by atomic mass is 32.3. The number of sulfone groups is 1. The van der Waals surface area contributed by atoms with E-state index in [9.17, 15) is 22.3 Å². The maximum absolute atomic E-state index is 12.5. The number of benzene rings is 1. The van der Waals surface area contributed by atoms with Gasteiger partial charge < -0.3 is 29.2 Å². The monoisotopic (exact) mass is 456 g/mol. The molecule has 0 radical (unpaired) electrons. The molecule has 0 spiro atoms. The summed E-state index contributed by atoms with van der Waals surface area (Å²) in [5.74, 6) is -0.730. The van der Waals surface area contributed by atoms with Crippen LogP contribution in [0.1, 0.15) is 18.1 Å². The van der Waals surface area contributed by atoms with Gasteiger partial charge in [0.25, 0.3) is 0 Å². The molecule has 13 heteroatoms. The van der Waals surface area contributed by atoms with Crippen LogP contribution in [0.25, 0.3) is 0 Å². The summed E-state index contributed by atoms with van der Waals surface area (Å²) in [6, 6.07) is 4.92. The number of nitrogens with zero attached hydrogens (tertiary/aromatic N) is 2. The summed E-state index contributed by atoms with van der Waals surface area (Å²) in [6.45, 7) is 1.57. The number of urea groups is 1. The van der Waals surface area contributed by atoms with Gasteiger partial charge in [0, 0.05) is 0 Å². The van der Waals surface area contributed by atoms with Crippen LogP contribution in [0.4, 0.5) is 10.7 Å². The number of ether oxygens (including phenoxy) is 2. The number of rotatable bonds is 6. The van der Waals surface area contributed by atoms with Crippen molar-refractivity contribution in [1.29, 1.82) is 0 Å². The van der Waals surface area contributed by atoms with Crippen molar-refractivity contribution >= 4 is 32.6 Å². The molecule has 1 unspecified atom stereocenters. The lowest BCUT2D eigenvalue weighted by atomic mass is 10.1. The molecule has 1 atom stereocenters. The maximum atomic E-state index is 12.5. The molecule has 30 heavy (non-hydrogen) atoms. The summed E-state index contributed by atoms with van der Waals surface area (Å²) in [7, 11) is -5.14. The molecule has 0 aliphatic carbocycles. The van der Waals surface area contributed by atoms with Crippen LogP contribution in [0.3, 0.4) is 0 Å². The molecule has 3 rings (SSSR count). The molecule has 0 fully saturated rings. The average molecular weight is 457 g/mol. The van der Waals surface area contributed by atoms with E-state index in [0.29, 0.717) is 12.0 Å². The molecule has 2 aromatic rings. The predicted molar refractivity (Wildman–Crippen MR) is 107 cm³/mol. The van der Waals surface area contributed by atoms with Gasteiger partial charge in [-0.1, -0.05) is 25.1 Å². The minimum Gasteiger partial charge on any atom is -0.796 e. The second-order valence-corrected chi connectivity index (χ2v) is 10.6. The molecular formula is C17H20N4O7S2-2. The van der Waals surface area contributed by atoms with Crippen molar-refractivity contribution in [2.75, 3.05) is 19.5 Å². The quantitative estimate of drug-likeness (QED) is 0.655. The van der Waals surface area contributed by atoms with Crippen LogP contribution in [0.5, 0.6) is 11.8 Å². The van der Waals surface area contributed by atoms with Gasteiger partial charge in [0.2, 0.25) is 27.7 Å². The highest BCUT2D eigenvalue weighted by Crippen LogP contribution is 2.60. The van der Waals surface area contributed by atoms with Crippen LogP contribution in [-0.4, -0.2) is 53.0 Å². The molecule has 0 bridgehead atoms. The molecule has 0 saturated heterocycles. The molecule has 2 heterocycles. The topological polar surface area (TPSA) is 166 Å². The number of hydrogen-bond acceptors (Lipinski definition) is 9. The SMILES string of the molecule is COc1cc(OC)nc(NC(=O)NS(=O)(=O)Cc2cccc3c2S([O-])([O-])C(C)C3)n1. The highest BCUT2D eigenvalue weighted by molar-refractivity contribution is 8.25. The van der Waals surface area contributed by atoms with Gasteiger partial charge in [-0.15, -0.1) is 0 Å². The summed E-state index contributed by atoms with van der Waals surface area (Å²) in [6.07, 6.45) is 0.314. The predicted octanol–water partition coefficient (Wildman–Crippen LogP) is 1.51. The van der Waals surface area contributed by atoms with Crippen molar-refractivity contribution < 1.29 is 31.8 Å². The molecule has 0 saturated carbocycles. The minimum absolute atomic E-state index is 0.0177. The van der Waals surface area contributed by atoms with Gasteiger partial charge in [-0.05, 0) is 27.7 Å². The summed E-state index contributed by atoms with van der Waals surface area (Å²) >= 11 is 0. The summed E-state index contributed by atoms with van der Waals surface area (Å²) < 4.78 is 61.8. The third kappa shape index (κ3) is 4.59. The first-order valence-electron chi connectivity index (χ1n) is 8.69. The van der Waals surface area contributed by atoms with Crippen molar-refractivity contribution in [3.63, 3.8) is 0 Å². The van der Waals surface area contributed by atoms with Crippen LogP contribution >= 0.6 is 10.6 Å². The van der Waals surface area contributed by atoms with Gasteiger partial charge in [-0.25, -0.2) is 17.9 Å².